The minimum atomic E-state index is 0.677. The van der Waals surface area contributed by atoms with Gasteiger partial charge < -0.3 is 0 Å². The molecule has 5 heteroatoms. The summed E-state index contributed by atoms with van der Waals surface area (Å²) < 4.78 is 1.86. The van der Waals surface area contributed by atoms with E-state index in [4.69, 9.17) is 0 Å². The van der Waals surface area contributed by atoms with E-state index >= 15 is 0 Å². The van der Waals surface area contributed by atoms with Gasteiger partial charge in [-0.05, 0) is 60.4 Å². The molecule has 2 aromatic rings. The fourth-order valence-electron chi connectivity index (χ4n) is 2.43. The van der Waals surface area contributed by atoms with E-state index in [0.29, 0.717) is 5.25 Å². The number of thioether (sulfide) groups is 1. The normalized spacial score (nSPS) is 16.1. The lowest BCUT2D eigenvalue weighted by atomic mass is 10.1. The van der Waals surface area contributed by atoms with Crippen molar-refractivity contribution in [2.45, 2.75) is 49.9 Å². The zero-order chi connectivity index (χ0) is 13.2. The minimum Gasteiger partial charge on any atom is -0.187 e. The van der Waals surface area contributed by atoms with Crippen LogP contribution in [0.4, 0.5) is 0 Å². The van der Waals surface area contributed by atoms with Crippen molar-refractivity contribution in [3.05, 3.63) is 29.3 Å². The molecular formula is C14H18N4S. The van der Waals surface area contributed by atoms with Crippen molar-refractivity contribution in [2.75, 3.05) is 0 Å². The van der Waals surface area contributed by atoms with Gasteiger partial charge in [-0.15, -0.1) is 5.10 Å². The number of aryl methyl sites for hydroxylation is 2. The monoisotopic (exact) mass is 274 g/mol. The summed E-state index contributed by atoms with van der Waals surface area (Å²) in [5.74, 6) is 0. The Morgan fingerprint density at radius 1 is 1.16 bits per heavy atom. The molecule has 1 aromatic carbocycles. The number of rotatable bonds is 3. The summed E-state index contributed by atoms with van der Waals surface area (Å²) >= 11 is 1.82. The summed E-state index contributed by atoms with van der Waals surface area (Å²) in [7, 11) is 0. The third-order valence-corrected chi connectivity index (χ3v) is 5.02. The van der Waals surface area contributed by atoms with E-state index in [-0.39, 0.29) is 0 Å². The van der Waals surface area contributed by atoms with E-state index in [1.165, 1.54) is 36.8 Å². The van der Waals surface area contributed by atoms with Gasteiger partial charge in [0.1, 0.15) is 0 Å². The lowest BCUT2D eigenvalue weighted by molar-refractivity contribution is 0.752. The summed E-state index contributed by atoms with van der Waals surface area (Å²) in [6.45, 7) is 4.24. The van der Waals surface area contributed by atoms with Crippen LogP contribution in [0.3, 0.4) is 0 Å². The van der Waals surface area contributed by atoms with Crippen LogP contribution in [0.25, 0.3) is 5.69 Å². The molecule has 1 aliphatic rings. The summed E-state index contributed by atoms with van der Waals surface area (Å²) in [5.41, 5.74) is 3.61. The number of hydrogen-bond acceptors (Lipinski definition) is 4. The Kier molecular flexibility index (Phi) is 3.55. The fourth-order valence-corrected chi connectivity index (χ4v) is 3.62. The van der Waals surface area contributed by atoms with E-state index in [2.05, 4.69) is 47.6 Å². The average Bonchev–Trinajstić information content (AvgIpc) is 3.05. The molecule has 0 saturated heterocycles. The van der Waals surface area contributed by atoms with Crippen molar-refractivity contribution in [1.82, 2.24) is 20.2 Å². The van der Waals surface area contributed by atoms with Crippen LogP contribution in [-0.4, -0.2) is 25.5 Å². The first-order chi connectivity index (χ1) is 9.24. The Balaban J connectivity index is 1.87. The second-order valence-corrected chi connectivity index (χ2v) is 6.43. The van der Waals surface area contributed by atoms with E-state index < -0.39 is 0 Å². The highest BCUT2D eigenvalue weighted by Crippen LogP contribution is 2.34. The molecule has 4 nitrogen and oxygen atoms in total. The lowest BCUT2D eigenvalue weighted by Gasteiger charge is -2.09. The van der Waals surface area contributed by atoms with E-state index in [9.17, 15) is 0 Å². The van der Waals surface area contributed by atoms with Crippen molar-refractivity contribution in [3.63, 3.8) is 0 Å². The molecule has 0 N–H and O–H groups in total. The quantitative estimate of drug-likeness (QED) is 0.861. The number of nitrogens with zero attached hydrogens (tertiary/aromatic N) is 4. The van der Waals surface area contributed by atoms with Gasteiger partial charge in [-0.3, -0.25) is 0 Å². The first-order valence-corrected chi connectivity index (χ1v) is 7.64. The molecular weight excluding hydrogens is 256 g/mol. The van der Waals surface area contributed by atoms with Crippen LogP contribution in [0.15, 0.2) is 23.4 Å². The summed E-state index contributed by atoms with van der Waals surface area (Å²) in [4.78, 5) is 0. The zero-order valence-corrected chi connectivity index (χ0v) is 12.2. The van der Waals surface area contributed by atoms with Crippen molar-refractivity contribution in [1.29, 1.82) is 0 Å². The largest absolute Gasteiger partial charge is 0.214 e. The van der Waals surface area contributed by atoms with E-state index in [1.54, 1.807) is 0 Å². The Hall–Kier alpha value is -1.36. The van der Waals surface area contributed by atoms with Crippen molar-refractivity contribution in [3.8, 4) is 5.69 Å². The van der Waals surface area contributed by atoms with Gasteiger partial charge in [0.25, 0.3) is 0 Å². The topological polar surface area (TPSA) is 43.6 Å². The van der Waals surface area contributed by atoms with Gasteiger partial charge >= 0.3 is 0 Å². The molecule has 0 unspecified atom stereocenters. The lowest BCUT2D eigenvalue weighted by Crippen LogP contribution is -2.03. The predicted molar refractivity (Wildman–Crippen MR) is 76.7 cm³/mol. The first-order valence-electron chi connectivity index (χ1n) is 6.77. The van der Waals surface area contributed by atoms with Gasteiger partial charge in [0.2, 0.25) is 5.16 Å². The van der Waals surface area contributed by atoms with Crippen LogP contribution in [0, 0.1) is 13.8 Å². The molecule has 1 aromatic heterocycles. The van der Waals surface area contributed by atoms with E-state index in [1.807, 2.05) is 16.4 Å². The second kappa shape index (κ2) is 5.33. The highest BCUT2D eigenvalue weighted by Gasteiger charge is 2.20. The maximum absolute atomic E-state index is 4.17. The molecule has 1 fully saturated rings. The van der Waals surface area contributed by atoms with Gasteiger partial charge in [0.15, 0.2) is 0 Å². The number of aromatic nitrogens is 4. The Morgan fingerprint density at radius 3 is 2.68 bits per heavy atom. The Bertz CT molecular complexity index is 573. The molecule has 100 valence electrons. The average molecular weight is 274 g/mol. The molecule has 0 atom stereocenters. The number of benzene rings is 1. The van der Waals surface area contributed by atoms with Crippen LogP contribution >= 0.6 is 11.8 Å². The standard InChI is InChI=1S/C14H18N4S/c1-10-7-8-12(9-11(10)2)18-14(15-16-17-18)19-13-5-3-4-6-13/h7-9,13H,3-6H2,1-2H3. The van der Waals surface area contributed by atoms with Gasteiger partial charge in [0.05, 0.1) is 5.69 Å². The van der Waals surface area contributed by atoms with Crippen molar-refractivity contribution < 1.29 is 0 Å². The number of tetrazole rings is 1. The fraction of sp³-hybridized carbons (Fsp3) is 0.500. The smallest absolute Gasteiger partial charge is 0.187 e. The van der Waals surface area contributed by atoms with Crippen molar-refractivity contribution >= 4 is 11.8 Å². The third kappa shape index (κ3) is 2.66. The third-order valence-electron chi connectivity index (χ3n) is 3.75. The van der Waals surface area contributed by atoms with Crippen molar-refractivity contribution in [2.24, 2.45) is 0 Å². The molecule has 1 aliphatic carbocycles. The van der Waals surface area contributed by atoms with Crippen LogP contribution in [0.2, 0.25) is 0 Å². The van der Waals surface area contributed by atoms with Crippen LogP contribution < -0.4 is 0 Å². The minimum absolute atomic E-state index is 0.677. The van der Waals surface area contributed by atoms with Crippen LogP contribution in [-0.2, 0) is 0 Å². The van der Waals surface area contributed by atoms with Gasteiger partial charge in [-0.2, -0.15) is 4.68 Å². The van der Waals surface area contributed by atoms with Gasteiger partial charge in [-0.1, -0.05) is 30.7 Å². The zero-order valence-electron chi connectivity index (χ0n) is 11.3. The Labute approximate surface area is 117 Å². The van der Waals surface area contributed by atoms with Crippen LogP contribution in [0.1, 0.15) is 36.8 Å². The molecule has 0 radical (unpaired) electrons. The molecule has 0 bridgehead atoms. The molecule has 1 saturated carbocycles. The van der Waals surface area contributed by atoms with Crippen LogP contribution in [0.5, 0.6) is 0 Å². The molecule has 1 heterocycles. The molecule has 0 amide bonds. The molecule has 0 aliphatic heterocycles. The highest BCUT2D eigenvalue weighted by molar-refractivity contribution is 7.99. The maximum atomic E-state index is 4.17. The van der Waals surface area contributed by atoms with Gasteiger partial charge in [-0.25, -0.2) is 0 Å². The summed E-state index contributed by atoms with van der Waals surface area (Å²) in [6, 6.07) is 6.35. The maximum Gasteiger partial charge on any atom is 0.214 e. The highest BCUT2D eigenvalue weighted by atomic mass is 32.2. The summed E-state index contributed by atoms with van der Waals surface area (Å²) in [6.07, 6.45) is 5.24. The summed E-state index contributed by atoms with van der Waals surface area (Å²) in [5, 5.41) is 13.7. The number of hydrogen-bond donors (Lipinski definition) is 0. The van der Waals surface area contributed by atoms with Gasteiger partial charge in [0, 0.05) is 5.25 Å². The second-order valence-electron chi connectivity index (χ2n) is 5.17. The van der Waals surface area contributed by atoms with E-state index in [0.717, 1.165) is 10.8 Å². The molecule has 0 spiro atoms. The predicted octanol–water partition coefficient (Wildman–Crippen LogP) is 3.31. The first kappa shape index (κ1) is 12.7. The molecule has 19 heavy (non-hydrogen) atoms. The SMILES string of the molecule is Cc1ccc(-n2nnnc2SC2CCCC2)cc1C. The molecule has 3 rings (SSSR count). The Morgan fingerprint density at radius 2 is 1.95 bits per heavy atom.